The summed E-state index contributed by atoms with van der Waals surface area (Å²) in [5.74, 6) is -0.177. The number of carbonyl (C=O) groups is 1. The van der Waals surface area contributed by atoms with Crippen molar-refractivity contribution in [3.05, 3.63) is 20.7 Å². The van der Waals surface area contributed by atoms with Gasteiger partial charge in [0.15, 0.2) is 0 Å². The molecule has 1 saturated carbocycles. The quantitative estimate of drug-likeness (QED) is 0.840. The molecule has 0 aliphatic heterocycles. The van der Waals surface area contributed by atoms with E-state index in [1.54, 1.807) is 5.38 Å². The lowest BCUT2D eigenvalue weighted by atomic mass is 9.64. The predicted octanol–water partition coefficient (Wildman–Crippen LogP) is 0.494. The molecule has 0 radical (unpaired) electrons. The Morgan fingerprint density at radius 1 is 1.67 bits per heavy atom. The van der Waals surface area contributed by atoms with E-state index in [4.69, 9.17) is 0 Å². The normalized spacial score (nSPS) is 25.6. The molecule has 5 nitrogen and oxygen atoms in total. The van der Waals surface area contributed by atoms with Crippen LogP contribution in [-0.2, 0) is 11.3 Å². The van der Waals surface area contributed by atoms with E-state index in [2.05, 4.69) is 5.32 Å². The van der Waals surface area contributed by atoms with Gasteiger partial charge in [-0.05, 0) is 13.3 Å². The van der Waals surface area contributed by atoms with Crippen molar-refractivity contribution in [2.24, 2.45) is 5.41 Å². The number of hydrogen-bond donors (Lipinski definition) is 2. The summed E-state index contributed by atoms with van der Waals surface area (Å²) in [7, 11) is 0. The Morgan fingerprint density at radius 2 is 2.33 bits per heavy atom. The molecule has 1 aliphatic rings. The third-order valence-electron chi connectivity index (χ3n) is 3.83. The number of aliphatic hydroxyl groups is 1. The molecule has 0 aromatic carbocycles. The van der Waals surface area contributed by atoms with Crippen LogP contribution in [0.2, 0.25) is 0 Å². The van der Waals surface area contributed by atoms with E-state index < -0.39 is 0 Å². The second-order valence-corrected chi connectivity index (χ2v) is 6.24. The zero-order valence-electron chi connectivity index (χ0n) is 10.8. The van der Waals surface area contributed by atoms with Gasteiger partial charge in [-0.2, -0.15) is 0 Å². The molecule has 1 fully saturated rings. The number of thiazole rings is 1. The second-order valence-electron chi connectivity index (χ2n) is 5.42. The number of aryl methyl sites for hydroxylation is 1. The van der Waals surface area contributed by atoms with E-state index in [9.17, 15) is 14.7 Å². The molecule has 100 valence electrons. The third kappa shape index (κ3) is 2.22. The van der Waals surface area contributed by atoms with Gasteiger partial charge in [0.1, 0.15) is 6.54 Å². The topological polar surface area (TPSA) is 71.3 Å². The predicted molar refractivity (Wildman–Crippen MR) is 69.7 cm³/mol. The summed E-state index contributed by atoms with van der Waals surface area (Å²) in [6.07, 6.45) is 0.212. The monoisotopic (exact) mass is 270 g/mol. The van der Waals surface area contributed by atoms with Crippen molar-refractivity contribution in [2.45, 2.75) is 45.9 Å². The van der Waals surface area contributed by atoms with Crippen molar-refractivity contribution in [2.75, 3.05) is 0 Å². The molecule has 0 spiro atoms. The average Bonchev–Trinajstić information content (AvgIpc) is 2.60. The van der Waals surface area contributed by atoms with Crippen LogP contribution in [0.1, 0.15) is 26.0 Å². The summed E-state index contributed by atoms with van der Waals surface area (Å²) < 4.78 is 1.46. The minimum atomic E-state index is -0.367. The Balaban J connectivity index is 1.97. The summed E-state index contributed by atoms with van der Waals surface area (Å²) >= 11 is 1.10. The number of aliphatic hydroxyl groups excluding tert-OH is 1. The molecule has 1 heterocycles. The maximum absolute atomic E-state index is 11.9. The van der Waals surface area contributed by atoms with Crippen LogP contribution in [0, 0.1) is 12.3 Å². The molecule has 1 aromatic rings. The third-order valence-corrected chi connectivity index (χ3v) is 4.71. The van der Waals surface area contributed by atoms with E-state index in [0.29, 0.717) is 6.42 Å². The maximum Gasteiger partial charge on any atom is 0.307 e. The highest BCUT2D eigenvalue weighted by atomic mass is 32.1. The molecule has 2 N–H and O–H groups in total. The van der Waals surface area contributed by atoms with Gasteiger partial charge in [-0.25, -0.2) is 0 Å². The molecule has 1 aromatic heterocycles. The molecule has 2 atom stereocenters. The van der Waals surface area contributed by atoms with E-state index in [0.717, 1.165) is 17.0 Å². The summed E-state index contributed by atoms with van der Waals surface area (Å²) in [5, 5.41) is 14.2. The Morgan fingerprint density at radius 3 is 2.78 bits per heavy atom. The minimum Gasteiger partial charge on any atom is -0.392 e. The average molecular weight is 270 g/mol. The van der Waals surface area contributed by atoms with Gasteiger partial charge in [0.25, 0.3) is 0 Å². The Labute approximate surface area is 109 Å². The number of nitrogens with one attached hydrogen (secondary N) is 1. The second kappa shape index (κ2) is 4.51. The molecular formula is C12H18N2O3S. The SMILES string of the molecule is Cc1csc(=O)n1CC(=O)NC1CC(O)C1(C)C. The van der Waals surface area contributed by atoms with Crippen molar-refractivity contribution < 1.29 is 9.90 Å². The van der Waals surface area contributed by atoms with Crippen molar-refractivity contribution in [3.63, 3.8) is 0 Å². The number of carbonyl (C=O) groups excluding carboxylic acids is 1. The lowest BCUT2D eigenvalue weighted by Crippen LogP contribution is -2.61. The van der Waals surface area contributed by atoms with Crippen molar-refractivity contribution >= 4 is 17.2 Å². The van der Waals surface area contributed by atoms with Gasteiger partial charge in [0.2, 0.25) is 5.91 Å². The highest BCUT2D eigenvalue weighted by molar-refractivity contribution is 7.07. The molecule has 18 heavy (non-hydrogen) atoms. The summed E-state index contributed by atoms with van der Waals surface area (Å²) in [4.78, 5) is 23.2. The molecule has 0 bridgehead atoms. The van der Waals surface area contributed by atoms with Gasteiger partial charge >= 0.3 is 4.87 Å². The highest BCUT2D eigenvalue weighted by Gasteiger charge is 2.47. The number of nitrogens with zero attached hydrogens (tertiary/aromatic N) is 1. The Bertz CT molecular complexity index is 518. The van der Waals surface area contributed by atoms with Crippen LogP contribution in [-0.4, -0.2) is 27.7 Å². The van der Waals surface area contributed by atoms with Crippen molar-refractivity contribution in [3.8, 4) is 0 Å². The largest absolute Gasteiger partial charge is 0.392 e. The van der Waals surface area contributed by atoms with Gasteiger partial charge in [0.05, 0.1) is 6.10 Å². The van der Waals surface area contributed by atoms with Gasteiger partial charge in [-0.1, -0.05) is 25.2 Å². The molecule has 2 unspecified atom stereocenters. The molecule has 1 amide bonds. The Kier molecular flexibility index (Phi) is 3.33. The first-order valence-corrected chi connectivity index (χ1v) is 6.82. The minimum absolute atomic E-state index is 0.0188. The molecule has 6 heteroatoms. The van der Waals surface area contributed by atoms with Crippen LogP contribution >= 0.6 is 11.3 Å². The standard InChI is InChI=1S/C12H18N2O3S/c1-7-6-18-11(17)14(7)5-10(16)13-8-4-9(15)12(8,2)3/h6,8-9,15H,4-5H2,1-3H3,(H,13,16). The number of hydrogen-bond acceptors (Lipinski definition) is 4. The summed E-state index contributed by atoms with van der Waals surface area (Å²) in [5.41, 5.74) is 0.512. The van der Waals surface area contributed by atoms with Crippen LogP contribution in [0.5, 0.6) is 0 Å². The number of rotatable bonds is 3. The lowest BCUT2D eigenvalue weighted by molar-refractivity contribution is -0.129. The van der Waals surface area contributed by atoms with Gasteiger partial charge in [-0.3, -0.25) is 14.2 Å². The fourth-order valence-electron chi connectivity index (χ4n) is 2.13. The fourth-order valence-corrected chi connectivity index (χ4v) is 2.86. The molecule has 2 rings (SSSR count). The first-order chi connectivity index (χ1) is 8.32. The molecule has 0 saturated heterocycles. The number of amides is 1. The molecular weight excluding hydrogens is 252 g/mol. The first-order valence-electron chi connectivity index (χ1n) is 5.94. The summed E-state index contributed by atoms with van der Waals surface area (Å²) in [6, 6.07) is -0.0188. The van der Waals surface area contributed by atoms with Crippen LogP contribution < -0.4 is 10.2 Å². The smallest absolute Gasteiger partial charge is 0.307 e. The van der Waals surface area contributed by atoms with E-state index in [1.165, 1.54) is 4.57 Å². The van der Waals surface area contributed by atoms with Crippen LogP contribution in [0.25, 0.3) is 0 Å². The van der Waals surface area contributed by atoms with Crippen molar-refractivity contribution in [1.82, 2.24) is 9.88 Å². The first kappa shape index (κ1) is 13.3. The number of aromatic nitrogens is 1. The maximum atomic E-state index is 11.9. The highest BCUT2D eigenvalue weighted by Crippen LogP contribution is 2.40. The van der Waals surface area contributed by atoms with Gasteiger partial charge in [-0.15, -0.1) is 0 Å². The zero-order valence-corrected chi connectivity index (χ0v) is 11.6. The van der Waals surface area contributed by atoms with Crippen LogP contribution in [0.15, 0.2) is 10.2 Å². The van der Waals surface area contributed by atoms with Crippen LogP contribution in [0.4, 0.5) is 0 Å². The lowest BCUT2D eigenvalue weighted by Gasteiger charge is -2.49. The van der Waals surface area contributed by atoms with Crippen LogP contribution in [0.3, 0.4) is 0 Å². The van der Waals surface area contributed by atoms with E-state index >= 15 is 0 Å². The van der Waals surface area contributed by atoms with Crippen molar-refractivity contribution in [1.29, 1.82) is 0 Å². The summed E-state index contributed by atoms with van der Waals surface area (Å²) in [6.45, 7) is 5.71. The van der Waals surface area contributed by atoms with Gasteiger partial charge in [0, 0.05) is 22.5 Å². The van der Waals surface area contributed by atoms with E-state index in [-0.39, 0.29) is 34.9 Å². The Hall–Kier alpha value is -1.14. The van der Waals surface area contributed by atoms with E-state index in [1.807, 2.05) is 20.8 Å². The van der Waals surface area contributed by atoms with Gasteiger partial charge < -0.3 is 10.4 Å². The fraction of sp³-hybridized carbons (Fsp3) is 0.667. The zero-order chi connectivity index (χ0) is 13.5. The molecule has 1 aliphatic carbocycles.